The van der Waals surface area contributed by atoms with E-state index in [-0.39, 0.29) is 16.9 Å². The van der Waals surface area contributed by atoms with Crippen LogP contribution in [-0.4, -0.2) is 27.7 Å². The molecule has 6 nitrogen and oxygen atoms in total. The van der Waals surface area contributed by atoms with Crippen molar-refractivity contribution in [2.75, 3.05) is 5.32 Å². The number of nitrogens with zero attached hydrogens (tertiary/aromatic N) is 3. The molecular formula is C13H14F2N4O2S. The summed E-state index contributed by atoms with van der Waals surface area (Å²) >= 11 is 1.26. The summed E-state index contributed by atoms with van der Waals surface area (Å²) in [5.41, 5.74) is -0.0339. The Morgan fingerprint density at radius 1 is 1.36 bits per heavy atom. The van der Waals surface area contributed by atoms with Gasteiger partial charge in [0.15, 0.2) is 0 Å². The molecule has 118 valence electrons. The average Bonchev–Trinajstić information content (AvgIpc) is 2.86. The Morgan fingerprint density at radius 2 is 2.09 bits per heavy atom. The van der Waals surface area contributed by atoms with Crippen LogP contribution in [0.4, 0.5) is 13.9 Å². The second-order valence-electron chi connectivity index (χ2n) is 5.38. The molecule has 0 saturated carbocycles. The van der Waals surface area contributed by atoms with Crippen LogP contribution in [0, 0.1) is 0 Å². The number of carbonyl (C=O) groups excluding carboxylic acids is 1. The number of hydrogen-bond acceptors (Lipinski definition) is 6. The Hall–Kier alpha value is -2.16. The lowest BCUT2D eigenvalue weighted by atomic mass is 9.98. The molecule has 0 radical (unpaired) electrons. The number of carbonyl (C=O) groups is 1. The third-order valence-electron chi connectivity index (χ3n) is 2.49. The predicted molar refractivity (Wildman–Crippen MR) is 77.4 cm³/mol. The molecule has 0 aliphatic heterocycles. The van der Waals surface area contributed by atoms with Gasteiger partial charge >= 0.3 is 6.61 Å². The largest absolute Gasteiger partial charge is 0.417 e. The topological polar surface area (TPSA) is 77.0 Å². The maximum Gasteiger partial charge on any atom is 0.388 e. The predicted octanol–water partition coefficient (Wildman–Crippen LogP) is 3.08. The molecule has 0 aliphatic rings. The smallest absolute Gasteiger partial charge is 0.388 e. The summed E-state index contributed by atoms with van der Waals surface area (Å²) in [4.78, 5) is 15.7. The highest BCUT2D eigenvalue weighted by Gasteiger charge is 2.20. The number of amides is 1. The van der Waals surface area contributed by atoms with Gasteiger partial charge in [0.25, 0.3) is 5.91 Å². The van der Waals surface area contributed by atoms with Gasteiger partial charge in [-0.05, 0) is 6.07 Å². The number of aromatic nitrogens is 3. The molecule has 0 aromatic carbocycles. The van der Waals surface area contributed by atoms with Crippen molar-refractivity contribution in [1.82, 2.24) is 15.2 Å². The molecular weight excluding hydrogens is 314 g/mol. The van der Waals surface area contributed by atoms with E-state index in [0.717, 1.165) is 11.1 Å². The van der Waals surface area contributed by atoms with E-state index >= 15 is 0 Å². The summed E-state index contributed by atoms with van der Waals surface area (Å²) in [6.45, 7) is 2.95. The van der Waals surface area contributed by atoms with Crippen molar-refractivity contribution in [3.63, 3.8) is 0 Å². The second-order valence-corrected chi connectivity index (χ2v) is 6.36. The van der Waals surface area contributed by atoms with Crippen molar-refractivity contribution in [2.24, 2.45) is 0 Å². The first-order valence-corrected chi connectivity index (χ1v) is 7.13. The van der Waals surface area contributed by atoms with Crippen LogP contribution in [0.2, 0.25) is 0 Å². The standard InChI is InChI=1S/C13H14F2N4O2S/c1-13(2,3)10-18-19-12(22-10)17-9(20)7-4-5-16-8(6-7)21-11(14)15/h4-6,11H,1-3H3,(H,17,19,20). The summed E-state index contributed by atoms with van der Waals surface area (Å²) in [7, 11) is 0. The van der Waals surface area contributed by atoms with E-state index in [4.69, 9.17) is 0 Å². The van der Waals surface area contributed by atoms with Crippen LogP contribution in [0.25, 0.3) is 0 Å². The number of nitrogens with one attached hydrogen (secondary N) is 1. The normalized spacial score (nSPS) is 11.5. The summed E-state index contributed by atoms with van der Waals surface area (Å²) in [5, 5.41) is 11.6. The van der Waals surface area contributed by atoms with E-state index in [1.165, 1.54) is 23.6 Å². The van der Waals surface area contributed by atoms with E-state index in [1.54, 1.807) is 0 Å². The van der Waals surface area contributed by atoms with Gasteiger partial charge in [0.2, 0.25) is 11.0 Å². The lowest BCUT2D eigenvalue weighted by Gasteiger charge is -2.12. The first-order valence-electron chi connectivity index (χ1n) is 6.32. The zero-order valence-electron chi connectivity index (χ0n) is 12.1. The number of alkyl halides is 2. The molecule has 0 aliphatic carbocycles. The molecule has 0 bridgehead atoms. The van der Waals surface area contributed by atoms with Crippen LogP contribution in [0.3, 0.4) is 0 Å². The Balaban J connectivity index is 2.10. The van der Waals surface area contributed by atoms with Crippen LogP contribution < -0.4 is 10.1 Å². The molecule has 0 unspecified atom stereocenters. The Bertz CT molecular complexity index is 670. The van der Waals surface area contributed by atoms with Gasteiger partial charge in [-0.2, -0.15) is 8.78 Å². The van der Waals surface area contributed by atoms with Crippen molar-refractivity contribution >= 4 is 22.4 Å². The Morgan fingerprint density at radius 3 is 2.68 bits per heavy atom. The van der Waals surface area contributed by atoms with Gasteiger partial charge in [0.1, 0.15) is 5.01 Å². The van der Waals surface area contributed by atoms with Gasteiger partial charge in [-0.25, -0.2) is 4.98 Å². The summed E-state index contributed by atoms with van der Waals surface area (Å²) < 4.78 is 28.4. The fourth-order valence-corrected chi connectivity index (χ4v) is 2.25. The van der Waals surface area contributed by atoms with Crippen molar-refractivity contribution in [3.8, 4) is 5.88 Å². The van der Waals surface area contributed by atoms with Crippen LogP contribution in [-0.2, 0) is 5.41 Å². The molecule has 9 heteroatoms. The number of rotatable bonds is 4. The minimum Gasteiger partial charge on any atom is -0.417 e. The van der Waals surface area contributed by atoms with E-state index in [2.05, 4.69) is 25.2 Å². The third kappa shape index (κ3) is 4.17. The van der Waals surface area contributed by atoms with Gasteiger partial charge in [0, 0.05) is 23.2 Å². The van der Waals surface area contributed by atoms with Gasteiger partial charge in [-0.15, -0.1) is 10.2 Å². The maximum absolute atomic E-state index is 12.1. The monoisotopic (exact) mass is 328 g/mol. The fourth-order valence-electron chi connectivity index (χ4n) is 1.45. The molecule has 1 amide bonds. The Kier molecular flexibility index (Phi) is 4.65. The molecule has 22 heavy (non-hydrogen) atoms. The number of anilines is 1. The number of ether oxygens (including phenoxy) is 1. The van der Waals surface area contributed by atoms with Crippen molar-refractivity contribution in [2.45, 2.75) is 32.8 Å². The molecule has 0 spiro atoms. The second kappa shape index (κ2) is 6.30. The molecule has 1 N–H and O–H groups in total. The SMILES string of the molecule is CC(C)(C)c1nnc(NC(=O)c2ccnc(OC(F)F)c2)s1. The van der Waals surface area contributed by atoms with Crippen molar-refractivity contribution in [1.29, 1.82) is 0 Å². The molecule has 2 rings (SSSR count). The molecule has 0 atom stereocenters. The van der Waals surface area contributed by atoms with E-state index < -0.39 is 12.5 Å². The van der Waals surface area contributed by atoms with Gasteiger partial charge in [0.05, 0.1) is 0 Å². The molecule has 2 heterocycles. The lowest BCUT2D eigenvalue weighted by molar-refractivity contribution is -0.0528. The van der Waals surface area contributed by atoms with Gasteiger partial charge < -0.3 is 4.74 Å². The molecule has 2 aromatic heterocycles. The Labute approximate surface area is 129 Å². The number of pyridine rings is 1. The highest BCUT2D eigenvalue weighted by molar-refractivity contribution is 7.15. The highest BCUT2D eigenvalue weighted by atomic mass is 32.1. The molecule has 0 fully saturated rings. The summed E-state index contributed by atoms with van der Waals surface area (Å²) in [6.07, 6.45) is 1.22. The van der Waals surface area contributed by atoms with Crippen molar-refractivity contribution in [3.05, 3.63) is 28.9 Å². The first-order chi connectivity index (χ1) is 10.3. The number of halogens is 2. The lowest BCUT2D eigenvalue weighted by Crippen LogP contribution is -2.12. The maximum atomic E-state index is 12.1. The van der Waals surface area contributed by atoms with Gasteiger partial charge in [-0.1, -0.05) is 32.1 Å². The van der Waals surface area contributed by atoms with E-state index in [9.17, 15) is 13.6 Å². The van der Waals surface area contributed by atoms with E-state index in [1.807, 2.05) is 20.8 Å². The first kappa shape index (κ1) is 16.2. The fraction of sp³-hybridized carbons (Fsp3) is 0.385. The quantitative estimate of drug-likeness (QED) is 0.933. The zero-order valence-corrected chi connectivity index (χ0v) is 12.9. The minimum atomic E-state index is -3.00. The van der Waals surface area contributed by atoms with E-state index in [0.29, 0.717) is 5.13 Å². The van der Waals surface area contributed by atoms with Crippen LogP contribution in [0.1, 0.15) is 36.1 Å². The summed E-state index contributed by atoms with van der Waals surface area (Å²) in [5.74, 6) is -0.826. The van der Waals surface area contributed by atoms with Crippen LogP contribution in [0.15, 0.2) is 18.3 Å². The van der Waals surface area contributed by atoms with Crippen molar-refractivity contribution < 1.29 is 18.3 Å². The van der Waals surface area contributed by atoms with Crippen LogP contribution >= 0.6 is 11.3 Å². The average molecular weight is 328 g/mol. The zero-order chi connectivity index (χ0) is 16.3. The summed E-state index contributed by atoms with van der Waals surface area (Å²) in [6, 6.07) is 2.52. The minimum absolute atomic E-state index is 0.137. The molecule has 0 saturated heterocycles. The van der Waals surface area contributed by atoms with Crippen LogP contribution in [0.5, 0.6) is 5.88 Å². The van der Waals surface area contributed by atoms with Gasteiger partial charge in [-0.3, -0.25) is 10.1 Å². The highest BCUT2D eigenvalue weighted by Crippen LogP contribution is 2.28. The number of hydrogen-bond donors (Lipinski definition) is 1. The molecule has 2 aromatic rings. The third-order valence-corrected chi connectivity index (χ3v) is 3.76.